The summed E-state index contributed by atoms with van der Waals surface area (Å²) in [7, 11) is 0. The Hall–Kier alpha value is -1.68. The van der Waals surface area contributed by atoms with Crippen LogP contribution in [0.1, 0.15) is 31.7 Å². The average Bonchev–Trinajstić information content (AvgIpc) is 2.47. The molecule has 108 valence electrons. The van der Waals surface area contributed by atoms with Crippen molar-refractivity contribution in [2.75, 3.05) is 13.1 Å². The van der Waals surface area contributed by atoms with E-state index in [9.17, 15) is 9.18 Å². The van der Waals surface area contributed by atoms with Crippen LogP contribution >= 0.6 is 0 Å². The van der Waals surface area contributed by atoms with Gasteiger partial charge < -0.3 is 10.6 Å². The third-order valence-electron chi connectivity index (χ3n) is 3.82. The van der Waals surface area contributed by atoms with Crippen molar-refractivity contribution in [1.82, 2.24) is 4.90 Å². The lowest BCUT2D eigenvalue weighted by Crippen LogP contribution is -2.46. The molecule has 1 fully saturated rings. The van der Waals surface area contributed by atoms with Crippen molar-refractivity contribution >= 4 is 11.5 Å². The summed E-state index contributed by atoms with van der Waals surface area (Å²) in [6.45, 7) is 3.15. The second-order valence-corrected chi connectivity index (χ2v) is 5.25. The maximum absolute atomic E-state index is 12.9. The van der Waals surface area contributed by atoms with Crippen molar-refractivity contribution in [2.45, 2.75) is 32.2 Å². The molecule has 0 aliphatic carbocycles. The number of halogens is 1. The zero-order valence-corrected chi connectivity index (χ0v) is 11.8. The van der Waals surface area contributed by atoms with Gasteiger partial charge in [-0.3, -0.25) is 4.79 Å². The van der Waals surface area contributed by atoms with Crippen LogP contribution < -0.4 is 5.73 Å². The number of nitrogens with two attached hydrogens (primary N) is 1. The number of nitrogens with zero attached hydrogens (tertiary/aromatic N) is 1. The Kier molecular flexibility index (Phi) is 4.90. The molecule has 0 radical (unpaired) electrons. The maximum Gasteiger partial charge on any atom is 0.247 e. The molecule has 2 rings (SSSR count). The Morgan fingerprint density at radius 1 is 1.40 bits per heavy atom. The highest BCUT2D eigenvalue weighted by Crippen LogP contribution is 2.19. The molecule has 1 aromatic rings. The van der Waals surface area contributed by atoms with E-state index in [1.54, 1.807) is 18.2 Å². The first kappa shape index (κ1) is 14.7. The quantitative estimate of drug-likeness (QED) is 0.862. The standard InChI is InChI=1S/C16H21FN2O/c1-12(13-5-7-14(17)8-6-13)10-16(20)19-9-3-2-4-15(19)11-18/h5-8,10,15H,2-4,9,11,18H2,1H3/b12-10-. The Labute approximate surface area is 119 Å². The molecule has 1 aliphatic heterocycles. The molecule has 2 N–H and O–H groups in total. The first-order valence-corrected chi connectivity index (χ1v) is 7.06. The van der Waals surface area contributed by atoms with E-state index in [0.29, 0.717) is 6.54 Å². The van der Waals surface area contributed by atoms with Gasteiger partial charge in [-0.25, -0.2) is 4.39 Å². The summed E-state index contributed by atoms with van der Waals surface area (Å²) in [6, 6.07) is 6.32. The molecule has 0 aromatic heterocycles. The summed E-state index contributed by atoms with van der Waals surface area (Å²) in [5.41, 5.74) is 7.44. The molecule has 1 amide bonds. The third kappa shape index (κ3) is 3.45. The number of rotatable bonds is 3. The van der Waals surface area contributed by atoms with E-state index in [2.05, 4.69) is 0 Å². The zero-order chi connectivity index (χ0) is 14.5. The van der Waals surface area contributed by atoms with E-state index in [1.165, 1.54) is 12.1 Å². The predicted octanol–water partition coefficient (Wildman–Crippen LogP) is 2.57. The molecule has 0 spiro atoms. The maximum atomic E-state index is 12.9. The highest BCUT2D eigenvalue weighted by atomic mass is 19.1. The number of amides is 1. The van der Waals surface area contributed by atoms with Crippen molar-refractivity contribution in [3.63, 3.8) is 0 Å². The largest absolute Gasteiger partial charge is 0.335 e. The highest BCUT2D eigenvalue weighted by molar-refractivity contribution is 5.95. The summed E-state index contributed by atoms with van der Waals surface area (Å²) in [6.07, 6.45) is 4.77. The lowest BCUT2D eigenvalue weighted by Gasteiger charge is -2.34. The lowest BCUT2D eigenvalue weighted by atomic mass is 10.0. The number of carbonyl (C=O) groups is 1. The van der Waals surface area contributed by atoms with Gasteiger partial charge in [-0.15, -0.1) is 0 Å². The fourth-order valence-electron chi connectivity index (χ4n) is 2.60. The van der Waals surface area contributed by atoms with Crippen LogP contribution in [0.2, 0.25) is 0 Å². The Bertz CT molecular complexity index is 496. The van der Waals surface area contributed by atoms with Crippen molar-refractivity contribution in [3.8, 4) is 0 Å². The van der Waals surface area contributed by atoms with E-state index in [-0.39, 0.29) is 17.8 Å². The molecule has 4 heteroatoms. The van der Waals surface area contributed by atoms with Crippen LogP contribution in [0.5, 0.6) is 0 Å². The van der Waals surface area contributed by atoms with E-state index in [0.717, 1.165) is 36.9 Å². The summed E-state index contributed by atoms with van der Waals surface area (Å²) < 4.78 is 12.9. The first-order valence-electron chi connectivity index (χ1n) is 7.06. The molecule has 3 nitrogen and oxygen atoms in total. The number of hydrogen-bond acceptors (Lipinski definition) is 2. The Balaban J connectivity index is 2.12. The fraction of sp³-hybridized carbons (Fsp3) is 0.438. The second-order valence-electron chi connectivity index (χ2n) is 5.25. The van der Waals surface area contributed by atoms with Crippen LogP contribution in [-0.2, 0) is 4.79 Å². The van der Waals surface area contributed by atoms with Gasteiger partial charge in [-0.05, 0) is 49.5 Å². The molecular weight excluding hydrogens is 255 g/mol. The summed E-state index contributed by atoms with van der Waals surface area (Å²) in [5.74, 6) is -0.269. The van der Waals surface area contributed by atoms with Crippen LogP contribution in [0.3, 0.4) is 0 Å². The van der Waals surface area contributed by atoms with Crippen molar-refractivity contribution < 1.29 is 9.18 Å². The molecule has 20 heavy (non-hydrogen) atoms. The molecule has 0 bridgehead atoms. The molecule has 1 atom stereocenters. The van der Waals surface area contributed by atoms with Crippen LogP contribution in [0.4, 0.5) is 4.39 Å². The molecule has 1 aliphatic rings. The van der Waals surface area contributed by atoms with Crippen LogP contribution in [-0.4, -0.2) is 29.9 Å². The van der Waals surface area contributed by atoms with Gasteiger partial charge in [-0.2, -0.15) is 0 Å². The Morgan fingerprint density at radius 2 is 2.10 bits per heavy atom. The number of allylic oxidation sites excluding steroid dienone is 1. The van der Waals surface area contributed by atoms with E-state index in [4.69, 9.17) is 5.73 Å². The van der Waals surface area contributed by atoms with E-state index in [1.807, 2.05) is 11.8 Å². The third-order valence-corrected chi connectivity index (χ3v) is 3.82. The summed E-state index contributed by atoms with van der Waals surface area (Å²) >= 11 is 0. The highest BCUT2D eigenvalue weighted by Gasteiger charge is 2.24. The predicted molar refractivity (Wildman–Crippen MR) is 78.5 cm³/mol. The average molecular weight is 276 g/mol. The van der Waals surface area contributed by atoms with E-state index < -0.39 is 0 Å². The van der Waals surface area contributed by atoms with Gasteiger partial charge in [0.2, 0.25) is 5.91 Å². The number of benzene rings is 1. The fourth-order valence-corrected chi connectivity index (χ4v) is 2.60. The van der Waals surface area contributed by atoms with Crippen molar-refractivity contribution in [3.05, 3.63) is 41.7 Å². The van der Waals surface area contributed by atoms with Gasteiger partial charge in [0.15, 0.2) is 0 Å². The van der Waals surface area contributed by atoms with Gasteiger partial charge in [0.05, 0.1) is 0 Å². The first-order chi connectivity index (χ1) is 9.61. The molecular formula is C16H21FN2O. The van der Waals surface area contributed by atoms with Crippen molar-refractivity contribution in [2.24, 2.45) is 5.73 Å². The van der Waals surface area contributed by atoms with Gasteiger partial charge in [0, 0.05) is 25.2 Å². The topological polar surface area (TPSA) is 46.3 Å². The molecule has 1 unspecified atom stereocenters. The Morgan fingerprint density at radius 3 is 2.75 bits per heavy atom. The van der Waals surface area contributed by atoms with E-state index >= 15 is 0 Å². The minimum Gasteiger partial charge on any atom is -0.335 e. The van der Waals surface area contributed by atoms with Crippen LogP contribution in [0.15, 0.2) is 30.3 Å². The van der Waals surface area contributed by atoms with Crippen LogP contribution in [0.25, 0.3) is 5.57 Å². The molecule has 1 saturated heterocycles. The number of carbonyl (C=O) groups excluding carboxylic acids is 1. The minimum atomic E-state index is -0.271. The number of likely N-dealkylation sites (tertiary alicyclic amines) is 1. The number of piperidine rings is 1. The van der Waals surface area contributed by atoms with Crippen LogP contribution in [0, 0.1) is 5.82 Å². The summed E-state index contributed by atoms with van der Waals surface area (Å²) in [5, 5.41) is 0. The second kappa shape index (κ2) is 6.66. The zero-order valence-electron chi connectivity index (χ0n) is 11.8. The molecule has 1 heterocycles. The van der Waals surface area contributed by atoms with Gasteiger partial charge >= 0.3 is 0 Å². The molecule has 1 aromatic carbocycles. The number of hydrogen-bond donors (Lipinski definition) is 1. The minimum absolute atomic E-state index is 0.00183. The normalized spacial score (nSPS) is 20.1. The van der Waals surface area contributed by atoms with Gasteiger partial charge in [0.25, 0.3) is 0 Å². The SMILES string of the molecule is C/C(=C/C(=O)N1CCCCC1CN)c1ccc(F)cc1. The molecule has 0 saturated carbocycles. The summed E-state index contributed by atoms with van der Waals surface area (Å²) in [4.78, 5) is 14.2. The van der Waals surface area contributed by atoms with Gasteiger partial charge in [0.1, 0.15) is 5.82 Å². The van der Waals surface area contributed by atoms with Crippen molar-refractivity contribution in [1.29, 1.82) is 0 Å². The lowest BCUT2D eigenvalue weighted by molar-refractivity contribution is -0.129. The smallest absolute Gasteiger partial charge is 0.247 e. The monoisotopic (exact) mass is 276 g/mol. The van der Waals surface area contributed by atoms with Gasteiger partial charge in [-0.1, -0.05) is 12.1 Å².